The summed E-state index contributed by atoms with van der Waals surface area (Å²) in [5.41, 5.74) is 1.86. The summed E-state index contributed by atoms with van der Waals surface area (Å²) in [5, 5.41) is 40.0. The van der Waals surface area contributed by atoms with Crippen LogP contribution >= 0.6 is 0 Å². The van der Waals surface area contributed by atoms with Gasteiger partial charge < -0.3 is 20.4 Å². The Hall–Kier alpha value is -4.06. The summed E-state index contributed by atoms with van der Waals surface area (Å²) in [6, 6.07) is 8.46. The number of allylic oxidation sites excluding steroid dienone is 2. The molecule has 0 unspecified atom stereocenters. The van der Waals surface area contributed by atoms with Crippen molar-refractivity contribution in [3.63, 3.8) is 0 Å². The van der Waals surface area contributed by atoms with E-state index in [-0.39, 0.29) is 39.7 Å². The number of aromatic hydroxyl groups is 4. The van der Waals surface area contributed by atoms with Crippen molar-refractivity contribution in [2.24, 2.45) is 0 Å². The van der Waals surface area contributed by atoms with Gasteiger partial charge in [0.05, 0.1) is 0 Å². The van der Waals surface area contributed by atoms with Gasteiger partial charge in [0.25, 0.3) is 0 Å². The van der Waals surface area contributed by atoms with Crippen LogP contribution < -0.4 is 0 Å². The predicted molar refractivity (Wildman–Crippen MR) is 102 cm³/mol. The molecule has 6 nitrogen and oxygen atoms in total. The molecule has 0 amide bonds. The van der Waals surface area contributed by atoms with Gasteiger partial charge in [0.1, 0.15) is 0 Å². The Kier molecular flexibility index (Phi) is 3.02. The van der Waals surface area contributed by atoms with Crippen molar-refractivity contribution in [3.8, 4) is 23.0 Å². The van der Waals surface area contributed by atoms with Gasteiger partial charge in [-0.05, 0) is 70.4 Å². The second-order valence-electron chi connectivity index (χ2n) is 6.83. The van der Waals surface area contributed by atoms with E-state index in [1.165, 1.54) is 30.3 Å². The van der Waals surface area contributed by atoms with E-state index in [9.17, 15) is 30.0 Å². The molecule has 3 aromatic carbocycles. The number of benzene rings is 3. The minimum absolute atomic E-state index is 0.199. The smallest absolute Gasteiger partial charge is 0.194 e. The largest absolute Gasteiger partial charge is 0.504 e. The van der Waals surface area contributed by atoms with E-state index < -0.39 is 11.5 Å². The van der Waals surface area contributed by atoms with Crippen LogP contribution in [0.5, 0.6) is 23.0 Å². The number of carbonyl (C=O) groups excluding carboxylic acids is 2. The van der Waals surface area contributed by atoms with Crippen molar-refractivity contribution in [2.45, 2.75) is 0 Å². The minimum Gasteiger partial charge on any atom is -0.504 e. The fourth-order valence-electron chi connectivity index (χ4n) is 3.70. The van der Waals surface area contributed by atoms with E-state index in [1.54, 1.807) is 18.2 Å². The highest BCUT2D eigenvalue weighted by Crippen LogP contribution is 2.41. The maximum Gasteiger partial charge on any atom is 0.194 e. The van der Waals surface area contributed by atoms with Crippen LogP contribution in [0.4, 0.5) is 0 Å². The molecule has 0 aromatic heterocycles. The van der Waals surface area contributed by atoms with Crippen molar-refractivity contribution in [1.29, 1.82) is 0 Å². The molecule has 5 rings (SSSR count). The summed E-state index contributed by atoms with van der Waals surface area (Å²) in [6.45, 7) is 0. The van der Waals surface area contributed by atoms with E-state index in [2.05, 4.69) is 0 Å². The Morgan fingerprint density at radius 1 is 0.500 bits per heavy atom. The third-order valence-electron chi connectivity index (χ3n) is 5.12. The number of hydrogen-bond acceptors (Lipinski definition) is 6. The van der Waals surface area contributed by atoms with Crippen molar-refractivity contribution in [2.75, 3.05) is 0 Å². The number of carbonyl (C=O) groups is 2. The molecular weight excluding hydrogens is 360 g/mol. The molecule has 0 heterocycles. The second-order valence-corrected chi connectivity index (χ2v) is 6.83. The van der Waals surface area contributed by atoms with Crippen molar-refractivity contribution >= 4 is 34.5 Å². The Balaban J connectivity index is 1.77. The predicted octanol–water partition coefficient (Wildman–Crippen LogP) is 3.52. The first-order chi connectivity index (χ1) is 13.3. The van der Waals surface area contributed by atoms with Crippen LogP contribution in [-0.4, -0.2) is 32.0 Å². The zero-order valence-corrected chi connectivity index (χ0v) is 14.2. The monoisotopic (exact) mass is 372 g/mol. The molecule has 0 fully saturated rings. The van der Waals surface area contributed by atoms with Crippen molar-refractivity contribution < 1.29 is 30.0 Å². The molecule has 4 N–H and O–H groups in total. The Bertz CT molecular complexity index is 1330. The summed E-state index contributed by atoms with van der Waals surface area (Å²) in [6.07, 6.45) is 3.12. The molecular formula is C22H12O6. The molecule has 0 spiro atoms. The quantitative estimate of drug-likeness (QED) is 0.449. The van der Waals surface area contributed by atoms with Crippen LogP contribution in [0.15, 0.2) is 47.5 Å². The van der Waals surface area contributed by atoms with Crippen molar-refractivity contribution in [1.82, 2.24) is 0 Å². The topological polar surface area (TPSA) is 115 Å². The first kappa shape index (κ1) is 16.1. The fourth-order valence-corrected chi connectivity index (χ4v) is 3.70. The number of ketones is 2. The molecule has 0 bridgehead atoms. The number of fused-ring (bicyclic) bond motifs is 4. The third-order valence-corrected chi connectivity index (χ3v) is 5.12. The summed E-state index contributed by atoms with van der Waals surface area (Å²) in [7, 11) is 0. The summed E-state index contributed by atoms with van der Waals surface area (Å²) in [4.78, 5) is 26.0. The average molecular weight is 372 g/mol. The Morgan fingerprint density at radius 2 is 0.929 bits per heavy atom. The maximum absolute atomic E-state index is 13.1. The zero-order chi connectivity index (χ0) is 19.7. The van der Waals surface area contributed by atoms with E-state index in [4.69, 9.17) is 0 Å². The van der Waals surface area contributed by atoms with E-state index in [0.717, 1.165) is 0 Å². The molecule has 0 radical (unpaired) electrons. The Morgan fingerprint density at radius 3 is 1.54 bits per heavy atom. The first-order valence-corrected chi connectivity index (χ1v) is 8.42. The fraction of sp³-hybridized carbons (Fsp3) is 0. The van der Waals surface area contributed by atoms with Crippen LogP contribution in [0.1, 0.15) is 31.8 Å². The molecule has 0 atom stereocenters. The average Bonchev–Trinajstić information content (AvgIpc) is 2.65. The second kappa shape index (κ2) is 5.23. The number of phenolic OH excluding ortho intramolecular Hbond substituents is 4. The lowest BCUT2D eigenvalue weighted by Gasteiger charge is -2.23. The van der Waals surface area contributed by atoms with Gasteiger partial charge >= 0.3 is 0 Å². The lowest BCUT2D eigenvalue weighted by molar-refractivity contribution is 0.0994. The molecule has 0 aliphatic heterocycles. The molecule has 0 saturated carbocycles. The highest BCUT2D eigenvalue weighted by atomic mass is 16.3. The van der Waals surface area contributed by atoms with Crippen LogP contribution in [-0.2, 0) is 0 Å². The standard InChI is InChI=1S/C22H12O6/c23-17-5-9-1-11-3-15-16(21(27)13(11)2-10(9)6-18(17)24)4-12-7-19(25)20(26)8-14(12)22(15)28/h1-8,23-26H. The highest BCUT2D eigenvalue weighted by molar-refractivity contribution is 6.32. The SMILES string of the molecule is O=C1C2=Cc3cc4cc(O)c(O)cc4cc3C(=O)C2=Cc2cc(O)c(O)cc21. The molecule has 136 valence electrons. The van der Waals surface area contributed by atoms with Crippen LogP contribution in [0.25, 0.3) is 22.9 Å². The van der Waals surface area contributed by atoms with E-state index in [1.807, 2.05) is 0 Å². The zero-order valence-electron chi connectivity index (χ0n) is 14.2. The number of Topliss-reactive ketones (excluding diaryl/α,β-unsaturated/α-hetero) is 2. The number of hydrogen-bond donors (Lipinski definition) is 4. The van der Waals surface area contributed by atoms with E-state index in [0.29, 0.717) is 27.5 Å². The minimum atomic E-state index is -0.421. The van der Waals surface area contributed by atoms with Gasteiger partial charge in [0.2, 0.25) is 0 Å². The van der Waals surface area contributed by atoms with Crippen LogP contribution in [0, 0.1) is 0 Å². The van der Waals surface area contributed by atoms with E-state index >= 15 is 0 Å². The maximum atomic E-state index is 13.1. The number of phenols is 4. The molecule has 0 saturated heterocycles. The van der Waals surface area contributed by atoms with Gasteiger partial charge in [-0.15, -0.1) is 0 Å². The summed E-state index contributed by atoms with van der Waals surface area (Å²) >= 11 is 0. The molecule has 6 heteroatoms. The summed E-state index contributed by atoms with van der Waals surface area (Å²) < 4.78 is 0. The lowest BCUT2D eigenvalue weighted by atomic mass is 9.78. The molecule has 2 aliphatic carbocycles. The summed E-state index contributed by atoms with van der Waals surface area (Å²) in [5.74, 6) is -2.12. The van der Waals surface area contributed by atoms with Gasteiger partial charge in [0.15, 0.2) is 34.6 Å². The van der Waals surface area contributed by atoms with Crippen LogP contribution in [0.3, 0.4) is 0 Å². The van der Waals surface area contributed by atoms with Gasteiger partial charge in [-0.2, -0.15) is 0 Å². The number of rotatable bonds is 0. The van der Waals surface area contributed by atoms with Gasteiger partial charge in [0, 0.05) is 22.3 Å². The van der Waals surface area contributed by atoms with Crippen LogP contribution in [0.2, 0.25) is 0 Å². The van der Waals surface area contributed by atoms with Gasteiger partial charge in [-0.1, -0.05) is 0 Å². The molecule has 3 aromatic rings. The van der Waals surface area contributed by atoms with Gasteiger partial charge in [-0.3, -0.25) is 9.59 Å². The van der Waals surface area contributed by atoms with Crippen molar-refractivity contribution in [3.05, 3.63) is 69.8 Å². The lowest BCUT2D eigenvalue weighted by Crippen LogP contribution is -2.21. The first-order valence-electron chi connectivity index (χ1n) is 8.42. The third kappa shape index (κ3) is 2.08. The molecule has 2 aliphatic rings. The Labute approximate surface area is 157 Å². The van der Waals surface area contributed by atoms with Gasteiger partial charge in [-0.25, -0.2) is 0 Å². The normalized spacial score (nSPS) is 14.9. The molecule has 28 heavy (non-hydrogen) atoms. The highest BCUT2D eigenvalue weighted by Gasteiger charge is 2.33.